The van der Waals surface area contributed by atoms with E-state index in [0.29, 0.717) is 13.1 Å². The van der Waals surface area contributed by atoms with Gasteiger partial charge in [0.1, 0.15) is 0 Å². The first-order chi connectivity index (χ1) is 6.85. The van der Waals surface area contributed by atoms with Crippen molar-refractivity contribution in [1.29, 1.82) is 0 Å². The second kappa shape index (κ2) is 3.19. The molecule has 0 aromatic heterocycles. The Balaban J connectivity index is 1.97. The van der Waals surface area contributed by atoms with Crippen molar-refractivity contribution in [2.45, 2.75) is 44.8 Å². The maximum Gasteiger partial charge on any atom is 0.311 e. The Kier molecular flexibility index (Phi) is 2.32. The predicted octanol–water partition coefficient (Wildman–Crippen LogP) is 0.696. The summed E-state index contributed by atoms with van der Waals surface area (Å²) in [6, 6.07) is 0.157. The average molecular weight is 213 g/mol. The topological polar surface area (TPSA) is 60.8 Å². The van der Waals surface area contributed by atoms with E-state index >= 15 is 0 Å². The molecule has 0 radical (unpaired) electrons. The van der Waals surface area contributed by atoms with Crippen molar-refractivity contribution in [3.05, 3.63) is 0 Å². The van der Waals surface area contributed by atoms with Gasteiger partial charge in [-0.15, -0.1) is 0 Å². The fraction of sp³-hybridized carbons (Fsp3) is 0.909. The van der Waals surface area contributed by atoms with Crippen molar-refractivity contribution in [2.24, 2.45) is 5.41 Å². The second-order valence-electron chi connectivity index (χ2n) is 5.54. The molecule has 4 nitrogen and oxygen atoms in total. The van der Waals surface area contributed by atoms with E-state index in [-0.39, 0.29) is 6.04 Å². The molecule has 2 aliphatic rings. The molecule has 86 valence electrons. The predicted molar refractivity (Wildman–Crippen MR) is 55.6 cm³/mol. The number of aliphatic hydroxyl groups is 1. The third-order valence-electron chi connectivity index (χ3n) is 3.94. The molecule has 0 aromatic carbocycles. The normalized spacial score (nSPS) is 40.1. The van der Waals surface area contributed by atoms with Gasteiger partial charge in [0.2, 0.25) is 0 Å². The van der Waals surface area contributed by atoms with Crippen LogP contribution in [0.1, 0.15) is 33.1 Å². The van der Waals surface area contributed by atoms with Crippen molar-refractivity contribution in [1.82, 2.24) is 4.90 Å². The monoisotopic (exact) mass is 213 g/mol. The zero-order valence-corrected chi connectivity index (χ0v) is 9.36. The Morgan fingerprint density at radius 1 is 1.40 bits per heavy atom. The number of carboxylic acid groups (broad SMARTS) is 1. The molecular weight excluding hydrogens is 194 g/mol. The minimum atomic E-state index is -0.726. The van der Waals surface area contributed by atoms with E-state index in [0.717, 1.165) is 19.3 Å². The second-order valence-corrected chi connectivity index (χ2v) is 5.54. The molecule has 0 spiro atoms. The molecule has 1 heterocycles. The summed E-state index contributed by atoms with van der Waals surface area (Å²) in [5.74, 6) is -0.726. The molecule has 0 bridgehead atoms. The lowest BCUT2D eigenvalue weighted by Crippen LogP contribution is -2.65. The lowest BCUT2D eigenvalue weighted by atomic mass is 9.79. The van der Waals surface area contributed by atoms with Gasteiger partial charge < -0.3 is 10.2 Å². The summed E-state index contributed by atoms with van der Waals surface area (Å²) in [5, 5.41) is 19.1. The summed E-state index contributed by atoms with van der Waals surface area (Å²) in [7, 11) is 0. The maximum atomic E-state index is 10.9. The zero-order valence-electron chi connectivity index (χ0n) is 9.36. The van der Waals surface area contributed by atoms with Crippen molar-refractivity contribution < 1.29 is 15.0 Å². The number of rotatable bonds is 2. The van der Waals surface area contributed by atoms with E-state index in [2.05, 4.69) is 4.90 Å². The van der Waals surface area contributed by atoms with Gasteiger partial charge in [0, 0.05) is 19.1 Å². The van der Waals surface area contributed by atoms with Gasteiger partial charge in [0.05, 0.1) is 11.0 Å². The molecule has 2 unspecified atom stereocenters. The lowest BCUT2D eigenvalue weighted by Gasteiger charge is -2.50. The molecule has 1 aliphatic heterocycles. The highest BCUT2D eigenvalue weighted by Crippen LogP contribution is 2.40. The highest BCUT2D eigenvalue weighted by molar-refractivity contribution is 5.76. The van der Waals surface area contributed by atoms with Crippen molar-refractivity contribution >= 4 is 5.97 Å². The van der Waals surface area contributed by atoms with E-state index in [1.807, 2.05) is 6.92 Å². The van der Waals surface area contributed by atoms with Crippen LogP contribution >= 0.6 is 0 Å². The minimum Gasteiger partial charge on any atom is -0.481 e. The molecule has 0 amide bonds. The number of carboxylic acids is 1. The standard InChI is InChI=1S/C11H19NO3/c1-10(9(13)14)6-12(7-10)8-4-3-5-11(8,2)15/h8,15H,3-7H2,1-2H3,(H,13,14). The smallest absolute Gasteiger partial charge is 0.311 e. The molecule has 2 rings (SSSR count). The van der Waals surface area contributed by atoms with Crippen LogP contribution in [0.3, 0.4) is 0 Å². The number of likely N-dealkylation sites (tertiary alicyclic amines) is 1. The van der Waals surface area contributed by atoms with Crippen molar-refractivity contribution in [3.63, 3.8) is 0 Å². The van der Waals surface area contributed by atoms with E-state index < -0.39 is 17.0 Å². The van der Waals surface area contributed by atoms with E-state index in [9.17, 15) is 9.90 Å². The Morgan fingerprint density at radius 3 is 2.40 bits per heavy atom. The molecule has 0 aromatic rings. The molecule has 1 saturated heterocycles. The molecule has 15 heavy (non-hydrogen) atoms. The first-order valence-corrected chi connectivity index (χ1v) is 5.55. The van der Waals surface area contributed by atoms with E-state index in [4.69, 9.17) is 5.11 Å². The van der Waals surface area contributed by atoms with Crippen molar-refractivity contribution in [2.75, 3.05) is 13.1 Å². The quantitative estimate of drug-likeness (QED) is 0.708. The third-order valence-corrected chi connectivity index (χ3v) is 3.94. The van der Waals surface area contributed by atoms with Gasteiger partial charge >= 0.3 is 5.97 Å². The van der Waals surface area contributed by atoms with Crippen LogP contribution in [0, 0.1) is 5.41 Å². The molecule has 1 saturated carbocycles. The Bertz CT molecular complexity index is 282. The van der Waals surface area contributed by atoms with Crippen molar-refractivity contribution in [3.8, 4) is 0 Å². The highest BCUT2D eigenvalue weighted by atomic mass is 16.4. The number of carbonyl (C=O) groups is 1. The fourth-order valence-corrected chi connectivity index (χ4v) is 2.91. The van der Waals surface area contributed by atoms with Crippen LogP contribution in [0.2, 0.25) is 0 Å². The van der Waals surface area contributed by atoms with Gasteiger partial charge in [-0.05, 0) is 33.1 Å². The van der Waals surface area contributed by atoms with Gasteiger partial charge in [-0.3, -0.25) is 9.69 Å². The van der Waals surface area contributed by atoms with E-state index in [1.54, 1.807) is 6.92 Å². The van der Waals surface area contributed by atoms with Gasteiger partial charge in [-0.1, -0.05) is 0 Å². The molecule has 2 atom stereocenters. The molecule has 4 heteroatoms. The summed E-state index contributed by atoms with van der Waals surface area (Å²) >= 11 is 0. The number of hydrogen-bond acceptors (Lipinski definition) is 3. The van der Waals surface area contributed by atoms with Gasteiger partial charge in [0.25, 0.3) is 0 Å². The first-order valence-electron chi connectivity index (χ1n) is 5.55. The minimum absolute atomic E-state index is 0.157. The molecular formula is C11H19NO3. The summed E-state index contributed by atoms with van der Waals surface area (Å²) in [6.45, 7) is 4.78. The van der Waals surface area contributed by atoms with Crippen LogP contribution < -0.4 is 0 Å². The SMILES string of the molecule is CC1(C(=O)O)CN(C2CCCC2(C)O)C1. The maximum absolute atomic E-state index is 10.9. The number of hydrogen-bond donors (Lipinski definition) is 2. The Labute approximate surface area is 89.9 Å². The lowest BCUT2D eigenvalue weighted by molar-refractivity contribution is -0.165. The molecule has 2 N–H and O–H groups in total. The van der Waals surface area contributed by atoms with Crippen LogP contribution in [0.5, 0.6) is 0 Å². The zero-order chi connectivity index (χ0) is 11.3. The Morgan fingerprint density at radius 2 is 2.00 bits per heavy atom. The van der Waals surface area contributed by atoms with Crippen LogP contribution in [0.25, 0.3) is 0 Å². The van der Waals surface area contributed by atoms with Crippen LogP contribution in [-0.4, -0.2) is 45.8 Å². The molecule has 1 aliphatic carbocycles. The van der Waals surface area contributed by atoms with Crippen LogP contribution in [-0.2, 0) is 4.79 Å². The van der Waals surface area contributed by atoms with E-state index in [1.165, 1.54) is 0 Å². The summed E-state index contributed by atoms with van der Waals surface area (Å²) < 4.78 is 0. The molecule has 2 fully saturated rings. The number of aliphatic carboxylic acids is 1. The van der Waals surface area contributed by atoms with Gasteiger partial charge in [0.15, 0.2) is 0 Å². The van der Waals surface area contributed by atoms with Crippen LogP contribution in [0.4, 0.5) is 0 Å². The van der Waals surface area contributed by atoms with Gasteiger partial charge in [-0.2, -0.15) is 0 Å². The highest BCUT2D eigenvalue weighted by Gasteiger charge is 2.52. The Hall–Kier alpha value is -0.610. The summed E-state index contributed by atoms with van der Waals surface area (Å²) in [5.41, 5.74) is -1.22. The summed E-state index contributed by atoms with van der Waals surface area (Å²) in [4.78, 5) is 13.0. The number of nitrogens with zero attached hydrogens (tertiary/aromatic N) is 1. The average Bonchev–Trinajstić information content (AvgIpc) is 2.39. The summed E-state index contributed by atoms with van der Waals surface area (Å²) in [6.07, 6.45) is 2.86. The fourth-order valence-electron chi connectivity index (χ4n) is 2.91. The van der Waals surface area contributed by atoms with Gasteiger partial charge in [-0.25, -0.2) is 0 Å². The largest absolute Gasteiger partial charge is 0.481 e. The van der Waals surface area contributed by atoms with Crippen LogP contribution in [0.15, 0.2) is 0 Å². The third kappa shape index (κ3) is 1.66. The first kappa shape index (κ1) is 10.9.